The van der Waals surface area contributed by atoms with Gasteiger partial charge in [0.05, 0.1) is 6.04 Å². The maximum absolute atomic E-state index is 12.4. The van der Waals surface area contributed by atoms with E-state index in [9.17, 15) is 4.79 Å². The number of nitrogens with one attached hydrogen (secondary N) is 1. The second-order valence-corrected chi connectivity index (χ2v) is 6.97. The van der Waals surface area contributed by atoms with E-state index < -0.39 is 0 Å². The molecule has 0 aromatic heterocycles. The van der Waals surface area contributed by atoms with Crippen LogP contribution in [-0.4, -0.2) is 36.5 Å². The Balaban J connectivity index is 1.83. The lowest BCUT2D eigenvalue weighted by Crippen LogP contribution is -2.51. The molecule has 0 aliphatic carbocycles. The standard InChI is InChI=1S/C15H28N2O/c1-15(2,3)12-7-10-17(11-8-12)14(18)13-6-4-5-9-16-13/h12-13,16H,4-11H2,1-3H3/t13-/m1/s1. The summed E-state index contributed by atoms with van der Waals surface area (Å²) in [5, 5.41) is 3.37. The third-order valence-electron chi connectivity index (χ3n) is 4.64. The first kappa shape index (κ1) is 13.9. The fourth-order valence-corrected chi connectivity index (χ4v) is 3.25. The smallest absolute Gasteiger partial charge is 0.239 e. The average Bonchev–Trinajstić information content (AvgIpc) is 2.38. The van der Waals surface area contributed by atoms with Crippen molar-refractivity contribution in [1.29, 1.82) is 0 Å². The minimum Gasteiger partial charge on any atom is -0.341 e. The molecule has 0 saturated carbocycles. The van der Waals surface area contributed by atoms with Gasteiger partial charge in [-0.15, -0.1) is 0 Å². The average molecular weight is 252 g/mol. The van der Waals surface area contributed by atoms with Crippen molar-refractivity contribution in [3.8, 4) is 0 Å². The van der Waals surface area contributed by atoms with Crippen LogP contribution in [0.4, 0.5) is 0 Å². The van der Waals surface area contributed by atoms with Crippen molar-refractivity contribution >= 4 is 5.91 Å². The van der Waals surface area contributed by atoms with Gasteiger partial charge >= 0.3 is 0 Å². The van der Waals surface area contributed by atoms with Gasteiger partial charge in [0, 0.05) is 13.1 Å². The highest BCUT2D eigenvalue weighted by atomic mass is 16.2. The van der Waals surface area contributed by atoms with Crippen LogP contribution in [0.1, 0.15) is 52.9 Å². The van der Waals surface area contributed by atoms with Crippen molar-refractivity contribution in [3.63, 3.8) is 0 Å². The molecule has 0 bridgehead atoms. The van der Waals surface area contributed by atoms with Crippen LogP contribution >= 0.6 is 0 Å². The first-order valence-electron chi connectivity index (χ1n) is 7.50. The SMILES string of the molecule is CC(C)(C)C1CCN(C(=O)[C@H]2CCCCN2)CC1. The van der Waals surface area contributed by atoms with Crippen LogP contribution in [0.15, 0.2) is 0 Å². The molecule has 104 valence electrons. The molecule has 0 unspecified atom stereocenters. The first-order valence-corrected chi connectivity index (χ1v) is 7.50. The summed E-state index contributed by atoms with van der Waals surface area (Å²) in [5.41, 5.74) is 0.387. The largest absolute Gasteiger partial charge is 0.341 e. The number of carbonyl (C=O) groups excluding carboxylic acids is 1. The molecular weight excluding hydrogens is 224 g/mol. The second kappa shape index (κ2) is 5.60. The number of piperidine rings is 2. The maximum Gasteiger partial charge on any atom is 0.239 e. The highest BCUT2D eigenvalue weighted by molar-refractivity contribution is 5.82. The third kappa shape index (κ3) is 3.25. The van der Waals surface area contributed by atoms with Gasteiger partial charge in [-0.2, -0.15) is 0 Å². The third-order valence-corrected chi connectivity index (χ3v) is 4.64. The Hall–Kier alpha value is -0.570. The van der Waals surface area contributed by atoms with E-state index in [1.807, 2.05) is 0 Å². The monoisotopic (exact) mass is 252 g/mol. The molecule has 2 fully saturated rings. The molecule has 0 radical (unpaired) electrons. The van der Waals surface area contributed by atoms with Crippen LogP contribution < -0.4 is 5.32 Å². The summed E-state index contributed by atoms with van der Waals surface area (Å²) >= 11 is 0. The van der Waals surface area contributed by atoms with Crippen molar-refractivity contribution in [3.05, 3.63) is 0 Å². The van der Waals surface area contributed by atoms with Crippen molar-refractivity contribution in [1.82, 2.24) is 10.2 Å². The van der Waals surface area contributed by atoms with Gasteiger partial charge in [-0.3, -0.25) is 4.79 Å². The molecule has 2 aliphatic heterocycles. The van der Waals surface area contributed by atoms with Crippen LogP contribution in [0.25, 0.3) is 0 Å². The van der Waals surface area contributed by atoms with Gasteiger partial charge in [-0.05, 0) is 43.6 Å². The van der Waals surface area contributed by atoms with Gasteiger partial charge in [-0.25, -0.2) is 0 Å². The van der Waals surface area contributed by atoms with E-state index in [1.165, 1.54) is 25.7 Å². The van der Waals surface area contributed by atoms with E-state index in [1.54, 1.807) is 0 Å². The van der Waals surface area contributed by atoms with Crippen molar-refractivity contribution in [2.75, 3.05) is 19.6 Å². The van der Waals surface area contributed by atoms with E-state index in [0.717, 1.165) is 32.0 Å². The Morgan fingerprint density at radius 1 is 1.11 bits per heavy atom. The summed E-state index contributed by atoms with van der Waals surface area (Å²) < 4.78 is 0. The predicted molar refractivity (Wildman–Crippen MR) is 74.4 cm³/mol. The molecule has 2 rings (SSSR count). The van der Waals surface area contributed by atoms with Crippen LogP contribution in [0.3, 0.4) is 0 Å². The van der Waals surface area contributed by atoms with Crippen molar-refractivity contribution in [2.24, 2.45) is 11.3 Å². The van der Waals surface area contributed by atoms with E-state index in [2.05, 4.69) is 31.0 Å². The Kier molecular flexibility index (Phi) is 4.31. The van der Waals surface area contributed by atoms with Gasteiger partial charge in [-0.1, -0.05) is 27.2 Å². The molecule has 3 heteroatoms. The zero-order valence-electron chi connectivity index (χ0n) is 12.2. The van der Waals surface area contributed by atoms with Crippen LogP contribution in [0.2, 0.25) is 0 Å². The van der Waals surface area contributed by atoms with E-state index in [-0.39, 0.29) is 6.04 Å². The van der Waals surface area contributed by atoms with Crippen molar-refractivity contribution in [2.45, 2.75) is 58.9 Å². The quantitative estimate of drug-likeness (QED) is 0.777. The lowest BCUT2D eigenvalue weighted by atomic mass is 9.75. The summed E-state index contributed by atoms with van der Waals surface area (Å²) in [6.07, 6.45) is 5.78. The number of hydrogen-bond donors (Lipinski definition) is 1. The normalized spacial score (nSPS) is 27.3. The van der Waals surface area contributed by atoms with Crippen LogP contribution in [0.5, 0.6) is 0 Å². The summed E-state index contributed by atoms with van der Waals surface area (Å²) in [4.78, 5) is 14.5. The topological polar surface area (TPSA) is 32.3 Å². The van der Waals surface area contributed by atoms with E-state index in [0.29, 0.717) is 11.3 Å². The van der Waals surface area contributed by atoms with Gasteiger partial charge in [0.1, 0.15) is 0 Å². The molecule has 2 aliphatic rings. The summed E-state index contributed by atoms with van der Waals surface area (Å²) in [5.74, 6) is 1.11. The zero-order valence-corrected chi connectivity index (χ0v) is 12.2. The van der Waals surface area contributed by atoms with Crippen LogP contribution in [0, 0.1) is 11.3 Å². The Morgan fingerprint density at radius 2 is 1.78 bits per heavy atom. The Labute approximate surface area is 111 Å². The molecule has 0 aromatic rings. The fourth-order valence-electron chi connectivity index (χ4n) is 3.25. The first-order chi connectivity index (χ1) is 8.48. The summed E-state index contributed by atoms with van der Waals surface area (Å²) in [7, 11) is 0. The zero-order chi connectivity index (χ0) is 13.2. The number of carbonyl (C=O) groups is 1. The number of rotatable bonds is 1. The Bertz CT molecular complexity index is 281. The minimum absolute atomic E-state index is 0.102. The lowest BCUT2D eigenvalue weighted by Gasteiger charge is -2.40. The molecule has 1 amide bonds. The van der Waals surface area contributed by atoms with Gasteiger partial charge in [0.2, 0.25) is 5.91 Å². The maximum atomic E-state index is 12.4. The molecule has 1 atom stereocenters. The molecule has 2 saturated heterocycles. The number of amides is 1. The predicted octanol–water partition coefficient (Wildman–Crippen LogP) is 2.41. The van der Waals surface area contributed by atoms with E-state index in [4.69, 9.17) is 0 Å². The molecule has 2 heterocycles. The summed E-state index contributed by atoms with van der Waals surface area (Å²) in [6.45, 7) is 9.88. The van der Waals surface area contributed by atoms with Crippen molar-refractivity contribution < 1.29 is 4.79 Å². The molecule has 18 heavy (non-hydrogen) atoms. The highest BCUT2D eigenvalue weighted by Crippen LogP contribution is 2.34. The lowest BCUT2D eigenvalue weighted by molar-refractivity contribution is -0.136. The highest BCUT2D eigenvalue weighted by Gasteiger charge is 2.32. The number of hydrogen-bond acceptors (Lipinski definition) is 2. The molecule has 0 aromatic carbocycles. The molecule has 3 nitrogen and oxygen atoms in total. The number of likely N-dealkylation sites (tertiary alicyclic amines) is 1. The Morgan fingerprint density at radius 3 is 2.28 bits per heavy atom. The number of nitrogens with zero attached hydrogens (tertiary/aromatic N) is 1. The minimum atomic E-state index is 0.102. The fraction of sp³-hybridized carbons (Fsp3) is 0.933. The molecular formula is C15H28N2O. The van der Waals surface area contributed by atoms with E-state index >= 15 is 0 Å². The molecule has 0 spiro atoms. The van der Waals surface area contributed by atoms with Gasteiger partial charge < -0.3 is 10.2 Å². The second-order valence-electron chi connectivity index (χ2n) is 6.97. The molecule has 1 N–H and O–H groups in total. The van der Waals surface area contributed by atoms with Crippen LogP contribution in [-0.2, 0) is 4.79 Å². The summed E-state index contributed by atoms with van der Waals surface area (Å²) in [6, 6.07) is 0.102. The van der Waals surface area contributed by atoms with Gasteiger partial charge in [0.25, 0.3) is 0 Å². The van der Waals surface area contributed by atoms with Gasteiger partial charge in [0.15, 0.2) is 0 Å².